The number of amides is 1. The van der Waals surface area contributed by atoms with E-state index in [1.54, 1.807) is 10.9 Å². The molecule has 136 valence electrons. The average Bonchev–Trinajstić information content (AvgIpc) is 3.08. The standard InChI is InChI=1S/C19H23N5OS/c1-4-14(5-2)23-17(25)12-26-19-16-11-20-24(15-9-7-6-8-10-15)18(16)21-13(3)22-19/h6-11,14H,4-5,12H2,1-3H3,(H,23,25). The van der Waals surface area contributed by atoms with Crippen molar-refractivity contribution in [3.63, 3.8) is 0 Å². The van der Waals surface area contributed by atoms with E-state index in [0.717, 1.165) is 34.6 Å². The molecule has 3 aromatic rings. The van der Waals surface area contributed by atoms with E-state index in [-0.39, 0.29) is 11.9 Å². The van der Waals surface area contributed by atoms with E-state index >= 15 is 0 Å². The van der Waals surface area contributed by atoms with E-state index < -0.39 is 0 Å². The highest BCUT2D eigenvalue weighted by Gasteiger charge is 2.15. The number of nitrogens with zero attached hydrogens (tertiary/aromatic N) is 4. The fourth-order valence-corrected chi connectivity index (χ4v) is 3.60. The van der Waals surface area contributed by atoms with Gasteiger partial charge in [0.05, 0.1) is 23.0 Å². The van der Waals surface area contributed by atoms with E-state index in [4.69, 9.17) is 0 Å². The summed E-state index contributed by atoms with van der Waals surface area (Å²) in [5.74, 6) is 1.03. The first kappa shape index (κ1) is 18.4. The van der Waals surface area contributed by atoms with Gasteiger partial charge < -0.3 is 5.32 Å². The van der Waals surface area contributed by atoms with Crippen molar-refractivity contribution in [2.24, 2.45) is 0 Å². The van der Waals surface area contributed by atoms with Crippen molar-refractivity contribution in [1.82, 2.24) is 25.1 Å². The van der Waals surface area contributed by atoms with Gasteiger partial charge in [-0.2, -0.15) is 5.10 Å². The molecule has 1 amide bonds. The van der Waals surface area contributed by atoms with Gasteiger partial charge in [-0.25, -0.2) is 14.6 Å². The van der Waals surface area contributed by atoms with Gasteiger partial charge in [-0.05, 0) is 31.9 Å². The van der Waals surface area contributed by atoms with E-state index in [2.05, 4.69) is 34.2 Å². The quantitative estimate of drug-likeness (QED) is 0.509. The maximum Gasteiger partial charge on any atom is 0.230 e. The molecular formula is C19H23N5OS. The maximum absolute atomic E-state index is 12.2. The smallest absolute Gasteiger partial charge is 0.230 e. The van der Waals surface area contributed by atoms with Crippen LogP contribution in [0.1, 0.15) is 32.5 Å². The molecule has 3 rings (SSSR count). The van der Waals surface area contributed by atoms with Crippen LogP contribution in [0.4, 0.5) is 0 Å². The fraction of sp³-hybridized carbons (Fsp3) is 0.368. The monoisotopic (exact) mass is 369 g/mol. The Labute approximate surface area is 157 Å². The molecule has 0 saturated heterocycles. The zero-order valence-electron chi connectivity index (χ0n) is 15.3. The summed E-state index contributed by atoms with van der Waals surface area (Å²) in [5.41, 5.74) is 1.70. The highest BCUT2D eigenvalue weighted by atomic mass is 32.2. The summed E-state index contributed by atoms with van der Waals surface area (Å²) < 4.78 is 1.80. The van der Waals surface area contributed by atoms with Crippen molar-refractivity contribution in [3.8, 4) is 5.69 Å². The number of hydrogen-bond acceptors (Lipinski definition) is 5. The van der Waals surface area contributed by atoms with Crippen LogP contribution < -0.4 is 5.32 Å². The number of carbonyl (C=O) groups is 1. The second-order valence-electron chi connectivity index (χ2n) is 6.07. The Morgan fingerprint density at radius 1 is 1.19 bits per heavy atom. The number of carbonyl (C=O) groups excluding carboxylic acids is 1. The molecule has 0 atom stereocenters. The number of rotatable bonds is 7. The third-order valence-corrected chi connectivity index (χ3v) is 5.19. The molecule has 2 aromatic heterocycles. The predicted molar refractivity (Wildman–Crippen MR) is 105 cm³/mol. The van der Waals surface area contributed by atoms with E-state index in [1.165, 1.54) is 11.8 Å². The molecule has 0 aliphatic heterocycles. The zero-order valence-corrected chi connectivity index (χ0v) is 16.1. The maximum atomic E-state index is 12.2. The van der Waals surface area contributed by atoms with Crippen LogP contribution in [0.5, 0.6) is 0 Å². The highest BCUT2D eigenvalue weighted by Crippen LogP contribution is 2.26. The second kappa shape index (κ2) is 8.31. The molecule has 0 aliphatic carbocycles. The van der Waals surface area contributed by atoms with Crippen molar-refractivity contribution >= 4 is 28.7 Å². The molecule has 1 aromatic carbocycles. The van der Waals surface area contributed by atoms with Gasteiger partial charge in [0, 0.05) is 6.04 Å². The Hall–Kier alpha value is -2.41. The van der Waals surface area contributed by atoms with Gasteiger partial charge in [0.15, 0.2) is 5.65 Å². The number of nitrogens with one attached hydrogen (secondary N) is 1. The Balaban J connectivity index is 1.83. The van der Waals surface area contributed by atoms with Crippen LogP contribution in [-0.4, -0.2) is 37.5 Å². The van der Waals surface area contributed by atoms with Gasteiger partial charge in [-0.15, -0.1) is 0 Å². The number of hydrogen-bond donors (Lipinski definition) is 1. The molecule has 0 radical (unpaired) electrons. The first-order valence-electron chi connectivity index (χ1n) is 8.82. The normalized spacial score (nSPS) is 11.2. The Kier molecular flexibility index (Phi) is 5.88. The molecular weight excluding hydrogens is 346 g/mol. The summed E-state index contributed by atoms with van der Waals surface area (Å²) in [4.78, 5) is 21.3. The van der Waals surface area contributed by atoms with Crippen LogP contribution in [0.25, 0.3) is 16.7 Å². The molecule has 0 spiro atoms. The summed E-state index contributed by atoms with van der Waals surface area (Å²) in [7, 11) is 0. The van der Waals surface area contributed by atoms with Crippen LogP contribution in [0.3, 0.4) is 0 Å². The van der Waals surface area contributed by atoms with Gasteiger partial charge >= 0.3 is 0 Å². The predicted octanol–water partition coefficient (Wildman–Crippen LogP) is 3.52. The number of fused-ring (bicyclic) bond motifs is 1. The minimum absolute atomic E-state index is 0.0311. The van der Waals surface area contributed by atoms with E-state index in [9.17, 15) is 4.79 Å². The molecule has 26 heavy (non-hydrogen) atoms. The number of aromatic nitrogens is 4. The molecule has 0 saturated carbocycles. The molecule has 0 aliphatic rings. The summed E-state index contributed by atoms with van der Waals surface area (Å²) in [6, 6.07) is 10.1. The number of thioether (sulfide) groups is 1. The Morgan fingerprint density at radius 3 is 2.62 bits per heavy atom. The van der Waals surface area contributed by atoms with Crippen LogP contribution in [-0.2, 0) is 4.79 Å². The van der Waals surface area contributed by atoms with Crippen molar-refractivity contribution < 1.29 is 4.79 Å². The summed E-state index contributed by atoms with van der Waals surface area (Å²) in [6.45, 7) is 6.02. The molecule has 7 heteroatoms. The van der Waals surface area contributed by atoms with Gasteiger partial charge in [0.25, 0.3) is 0 Å². The molecule has 1 N–H and O–H groups in total. The van der Waals surface area contributed by atoms with Crippen LogP contribution in [0, 0.1) is 6.92 Å². The minimum atomic E-state index is 0.0311. The highest BCUT2D eigenvalue weighted by molar-refractivity contribution is 8.00. The van der Waals surface area contributed by atoms with Gasteiger partial charge in [0.1, 0.15) is 10.9 Å². The largest absolute Gasteiger partial charge is 0.353 e. The SMILES string of the molecule is CCC(CC)NC(=O)CSc1nc(C)nc2c1cnn2-c1ccccc1. The summed E-state index contributed by atoms with van der Waals surface area (Å²) in [6.07, 6.45) is 3.64. The molecule has 6 nitrogen and oxygen atoms in total. The first-order chi connectivity index (χ1) is 12.6. The second-order valence-corrected chi connectivity index (χ2v) is 7.04. The molecule has 2 heterocycles. The minimum Gasteiger partial charge on any atom is -0.353 e. The lowest BCUT2D eigenvalue weighted by molar-refractivity contribution is -0.119. The van der Waals surface area contributed by atoms with Crippen molar-refractivity contribution in [2.75, 3.05) is 5.75 Å². The fourth-order valence-electron chi connectivity index (χ4n) is 2.75. The van der Waals surface area contributed by atoms with Gasteiger partial charge in [-0.1, -0.05) is 43.8 Å². The van der Waals surface area contributed by atoms with Crippen molar-refractivity contribution in [2.45, 2.75) is 44.7 Å². The zero-order chi connectivity index (χ0) is 18.5. The third kappa shape index (κ3) is 4.04. The molecule has 0 fully saturated rings. The molecule has 0 bridgehead atoms. The van der Waals surface area contributed by atoms with Crippen LogP contribution in [0.2, 0.25) is 0 Å². The van der Waals surface area contributed by atoms with Crippen LogP contribution in [0.15, 0.2) is 41.6 Å². The first-order valence-corrected chi connectivity index (χ1v) is 9.80. The summed E-state index contributed by atoms with van der Waals surface area (Å²) >= 11 is 1.43. The van der Waals surface area contributed by atoms with Crippen molar-refractivity contribution in [1.29, 1.82) is 0 Å². The Bertz CT molecular complexity index is 890. The average molecular weight is 369 g/mol. The van der Waals surface area contributed by atoms with Gasteiger partial charge in [-0.3, -0.25) is 4.79 Å². The van der Waals surface area contributed by atoms with Gasteiger partial charge in [0.2, 0.25) is 5.91 Å². The number of aryl methyl sites for hydroxylation is 1. The van der Waals surface area contributed by atoms with E-state index in [0.29, 0.717) is 11.6 Å². The topological polar surface area (TPSA) is 72.7 Å². The van der Waals surface area contributed by atoms with Crippen LogP contribution >= 0.6 is 11.8 Å². The van der Waals surface area contributed by atoms with Crippen molar-refractivity contribution in [3.05, 3.63) is 42.4 Å². The Morgan fingerprint density at radius 2 is 1.92 bits per heavy atom. The molecule has 0 unspecified atom stereocenters. The lowest BCUT2D eigenvalue weighted by Gasteiger charge is -2.14. The lowest BCUT2D eigenvalue weighted by Crippen LogP contribution is -2.35. The van der Waals surface area contributed by atoms with E-state index in [1.807, 2.05) is 37.3 Å². The number of benzene rings is 1. The lowest BCUT2D eigenvalue weighted by atomic mass is 10.2. The number of para-hydroxylation sites is 1. The third-order valence-electron chi connectivity index (χ3n) is 4.20. The summed E-state index contributed by atoms with van der Waals surface area (Å²) in [5, 5.41) is 9.17.